The lowest BCUT2D eigenvalue weighted by Gasteiger charge is -2.13. The molecule has 3 N–H and O–H groups in total. The summed E-state index contributed by atoms with van der Waals surface area (Å²) < 4.78 is 27.0. The second kappa shape index (κ2) is 19.1. The van der Waals surface area contributed by atoms with E-state index in [2.05, 4.69) is 10.3 Å². The molecule has 0 aliphatic heterocycles. The predicted molar refractivity (Wildman–Crippen MR) is 200 cm³/mol. The van der Waals surface area contributed by atoms with Gasteiger partial charge in [-0.25, -0.2) is 9.59 Å². The molecule has 272 valence electrons. The lowest BCUT2D eigenvalue weighted by atomic mass is 10.00. The molecule has 11 nitrogen and oxygen atoms in total. The van der Waals surface area contributed by atoms with E-state index in [4.69, 9.17) is 29.4 Å². The van der Waals surface area contributed by atoms with Gasteiger partial charge < -0.3 is 34.7 Å². The average molecular weight is 716 g/mol. The highest BCUT2D eigenvalue weighted by atomic mass is 16.6. The van der Waals surface area contributed by atoms with Crippen molar-refractivity contribution >= 4 is 23.8 Å². The molecule has 5 aromatic carbocycles. The normalized spacial score (nSPS) is 10.9. The fourth-order valence-corrected chi connectivity index (χ4v) is 5.17. The van der Waals surface area contributed by atoms with Crippen molar-refractivity contribution in [3.05, 3.63) is 160 Å². The number of benzene rings is 5. The fourth-order valence-electron chi connectivity index (χ4n) is 5.17. The maximum absolute atomic E-state index is 13.6. The summed E-state index contributed by atoms with van der Waals surface area (Å²) in [5, 5.41) is 2.78. The number of alkyl carbamates (subject to hydrolysis) is 1. The summed E-state index contributed by atoms with van der Waals surface area (Å²) in [5.74, 6) is 1.41. The standard InChI is InChI=1S/C42H41N3O8/c1-49-35-19-14-31(15-20-35)27-52-41(47)44-24-6-7-29-10-12-30(13-11-29)26-51-38-23-18-34(25-37(38)39(46)33-8-4-3-5-9-33)40(43)45-42(48)53-28-32-16-21-36(50-2)22-17-32/h3-5,8-23,25H,6-7,24,26-28H2,1-2H3,(H,44,47)(H2,43,45,48). The first kappa shape index (κ1) is 37.6. The average Bonchev–Trinajstić information content (AvgIpc) is 3.20. The van der Waals surface area contributed by atoms with Gasteiger partial charge in [0.2, 0.25) is 0 Å². The first-order valence-electron chi connectivity index (χ1n) is 16.9. The van der Waals surface area contributed by atoms with E-state index in [1.165, 1.54) is 0 Å². The Bertz CT molecular complexity index is 2000. The van der Waals surface area contributed by atoms with Crippen LogP contribution in [0.2, 0.25) is 0 Å². The van der Waals surface area contributed by atoms with Crippen LogP contribution in [0.25, 0.3) is 0 Å². The molecule has 0 spiro atoms. The molecule has 0 aliphatic carbocycles. The van der Waals surface area contributed by atoms with Gasteiger partial charge in [-0.05, 0) is 77.6 Å². The Morgan fingerprint density at radius 2 is 1.21 bits per heavy atom. The monoisotopic (exact) mass is 715 g/mol. The number of nitrogens with two attached hydrogens (primary N) is 1. The number of carbonyl (C=O) groups is 3. The molecule has 0 heterocycles. The third-order valence-electron chi connectivity index (χ3n) is 8.15. The first-order chi connectivity index (χ1) is 25.8. The van der Waals surface area contributed by atoms with Gasteiger partial charge in [-0.3, -0.25) is 4.79 Å². The summed E-state index contributed by atoms with van der Waals surface area (Å²) >= 11 is 0. The van der Waals surface area contributed by atoms with Crippen LogP contribution in [-0.4, -0.2) is 44.6 Å². The zero-order valence-electron chi connectivity index (χ0n) is 29.6. The van der Waals surface area contributed by atoms with E-state index in [-0.39, 0.29) is 37.0 Å². The molecular weight excluding hydrogens is 674 g/mol. The van der Waals surface area contributed by atoms with Crippen molar-refractivity contribution in [2.45, 2.75) is 32.7 Å². The molecule has 0 aliphatic rings. The molecule has 5 aromatic rings. The smallest absolute Gasteiger partial charge is 0.435 e. The van der Waals surface area contributed by atoms with Crippen LogP contribution >= 0.6 is 0 Å². The van der Waals surface area contributed by atoms with E-state index in [1.807, 2.05) is 54.6 Å². The van der Waals surface area contributed by atoms with Crippen LogP contribution in [0.1, 0.15) is 50.2 Å². The Morgan fingerprint density at radius 3 is 1.83 bits per heavy atom. The van der Waals surface area contributed by atoms with Crippen LogP contribution in [0.4, 0.5) is 9.59 Å². The van der Waals surface area contributed by atoms with Crippen molar-refractivity contribution < 1.29 is 38.1 Å². The summed E-state index contributed by atoms with van der Waals surface area (Å²) in [7, 11) is 3.17. The second-order valence-corrected chi connectivity index (χ2v) is 11.9. The highest BCUT2D eigenvalue weighted by molar-refractivity contribution is 6.12. The summed E-state index contributed by atoms with van der Waals surface area (Å²) in [6.45, 7) is 0.862. The van der Waals surface area contributed by atoms with E-state index in [0.717, 1.165) is 40.8 Å². The number of methoxy groups -OCH3 is 2. The Hall–Kier alpha value is -6.62. The first-order valence-corrected chi connectivity index (χ1v) is 16.9. The minimum absolute atomic E-state index is 0.00537. The lowest BCUT2D eigenvalue weighted by Crippen LogP contribution is -2.25. The Kier molecular flexibility index (Phi) is 13.6. The van der Waals surface area contributed by atoms with Gasteiger partial charge in [-0.15, -0.1) is 0 Å². The summed E-state index contributed by atoms with van der Waals surface area (Å²) in [6, 6.07) is 36.0. The van der Waals surface area contributed by atoms with Gasteiger partial charge in [0.05, 0.1) is 19.8 Å². The van der Waals surface area contributed by atoms with Crippen LogP contribution in [0, 0.1) is 0 Å². The number of amidine groups is 1. The third-order valence-corrected chi connectivity index (χ3v) is 8.15. The highest BCUT2D eigenvalue weighted by Gasteiger charge is 2.18. The van der Waals surface area contributed by atoms with Gasteiger partial charge >= 0.3 is 12.2 Å². The molecule has 5 rings (SSSR count). The number of amides is 2. The van der Waals surface area contributed by atoms with Gasteiger partial charge in [-0.2, -0.15) is 4.99 Å². The van der Waals surface area contributed by atoms with Crippen molar-refractivity contribution in [1.29, 1.82) is 0 Å². The molecule has 53 heavy (non-hydrogen) atoms. The number of nitrogens with zero attached hydrogens (tertiary/aromatic N) is 1. The largest absolute Gasteiger partial charge is 0.497 e. The molecule has 0 bridgehead atoms. The van der Waals surface area contributed by atoms with Crippen LogP contribution in [0.3, 0.4) is 0 Å². The molecule has 0 unspecified atom stereocenters. The number of rotatable bonds is 16. The van der Waals surface area contributed by atoms with E-state index in [1.54, 1.807) is 80.9 Å². The van der Waals surface area contributed by atoms with Crippen molar-refractivity contribution in [1.82, 2.24) is 5.32 Å². The third kappa shape index (κ3) is 11.4. The van der Waals surface area contributed by atoms with Crippen LogP contribution in [0.5, 0.6) is 17.2 Å². The molecule has 0 radical (unpaired) electrons. The summed E-state index contributed by atoms with van der Waals surface area (Å²) in [6.07, 6.45) is 0.162. The number of hydrogen-bond acceptors (Lipinski definition) is 8. The molecular formula is C42H41N3O8. The Balaban J connectivity index is 1.15. The molecule has 0 saturated heterocycles. The molecule has 0 fully saturated rings. The summed E-state index contributed by atoms with van der Waals surface area (Å²) in [4.78, 5) is 42.1. The van der Waals surface area contributed by atoms with Crippen LogP contribution in [-0.2, 0) is 35.7 Å². The van der Waals surface area contributed by atoms with Gasteiger partial charge in [-0.1, -0.05) is 78.9 Å². The van der Waals surface area contributed by atoms with E-state index in [0.29, 0.717) is 29.2 Å². The van der Waals surface area contributed by atoms with Gasteiger partial charge in [0.15, 0.2) is 5.78 Å². The maximum atomic E-state index is 13.6. The molecule has 11 heteroatoms. The quantitative estimate of drug-likeness (QED) is 0.0461. The van der Waals surface area contributed by atoms with Crippen molar-refractivity contribution in [2.24, 2.45) is 10.7 Å². The zero-order chi connectivity index (χ0) is 37.4. The van der Waals surface area contributed by atoms with E-state index in [9.17, 15) is 14.4 Å². The number of aryl methyl sites for hydroxylation is 1. The van der Waals surface area contributed by atoms with Crippen LogP contribution < -0.4 is 25.3 Å². The molecule has 0 atom stereocenters. The minimum atomic E-state index is -0.863. The van der Waals surface area contributed by atoms with Crippen molar-refractivity contribution in [3.8, 4) is 17.2 Å². The second-order valence-electron chi connectivity index (χ2n) is 11.9. The number of nitrogens with one attached hydrogen (secondary N) is 1. The molecule has 0 aromatic heterocycles. The Labute approximate surface area is 308 Å². The highest BCUT2D eigenvalue weighted by Crippen LogP contribution is 2.25. The number of carbonyl (C=O) groups excluding carboxylic acids is 3. The number of hydrogen-bond donors (Lipinski definition) is 2. The lowest BCUT2D eigenvalue weighted by molar-refractivity contribution is 0.103. The molecule has 0 saturated carbocycles. The number of ketones is 1. The van der Waals surface area contributed by atoms with Gasteiger partial charge in [0, 0.05) is 17.7 Å². The van der Waals surface area contributed by atoms with Gasteiger partial charge in [0.1, 0.15) is 42.9 Å². The van der Waals surface area contributed by atoms with Crippen LogP contribution in [0.15, 0.2) is 126 Å². The Morgan fingerprint density at radius 1 is 0.642 bits per heavy atom. The van der Waals surface area contributed by atoms with Gasteiger partial charge in [0.25, 0.3) is 0 Å². The van der Waals surface area contributed by atoms with E-state index < -0.39 is 12.2 Å². The zero-order valence-corrected chi connectivity index (χ0v) is 29.6. The SMILES string of the molecule is COc1ccc(COC(=O)/N=C(\N)c2ccc(OCc3ccc(CCCNC(=O)OCc4ccc(OC)cc4)cc3)c(C(=O)c3ccccc3)c2)cc1. The maximum Gasteiger partial charge on any atom is 0.435 e. The molecule has 2 amide bonds. The number of aliphatic imine (C=N–C) groups is 1. The number of ether oxygens (including phenoxy) is 5. The topological polar surface area (TPSA) is 148 Å². The fraction of sp³-hybridized carbons (Fsp3) is 0.190. The van der Waals surface area contributed by atoms with Crippen molar-refractivity contribution in [3.63, 3.8) is 0 Å². The minimum Gasteiger partial charge on any atom is -0.497 e. The predicted octanol–water partition coefficient (Wildman–Crippen LogP) is 7.41. The van der Waals surface area contributed by atoms with E-state index >= 15 is 0 Å². The van der Waals surface area contributed by atoms with Crippen molar-refractivity contribution in [2.75, 3.05) is 20.8 Å². The summed E-state index contributed by atoms with van der Waals surface area (Å²) in [5.41, 5.74) is 10.9.